The second-order valence-corrected chi connectivity index (χ2v) is 4.64. The van der Waals surface area contributed by atoms with E-state index >= 15 is 0 Å². The van der Waals surface area contributed by atoms with Crippen molar-refractivity contribution in [1.82, 2.24) is 0 Å². The highest BCUT2D eigenvalue weighted by Crippen LogP contribution is 2.34. The Kier molecular flexibility index (Phi) is 2.88. The Morgan fingerprint density at radius 2 is 2.18 bits per heavy atom. The lowest BCUT2D eigenvalue weighted by molar-refractivity contribution is -0.0473. The minimum atomic E-state index is -0.624. The van der Waals surface area contributed by atoms with Gasteiger partial charge in [-0.05, 0) is 5.56 Å². The SMILES string of the molecule is N[C@@]12CCO[C@@H]1C(OCc1ccccc1)CO2. The van der Waals surface area contributed by atoms with Gasteiger partial charge in [-0.3, -0.25) is 0 Å². The zero-order valence-corrected chi connectivity index (χ0v) is 9.67. The summed E-state index contributed by atoms with van der Waals surface area (Å²) in [6, 6.07) is 10.1. The van der Waals surface area contributed by atoms with Gasteiger partial charge in [0.2, 0.25) is 0 Å². The van der Waals surface area contributed by atoms with E-state index in [9.17, 15) is 0 Å². The van der Waals surface area contributed by atoms with Crippen LogP contribution in [0.15, 0.2) is 30.3 Å². The van der Waals surface area contributed by atoms with Crippen LogP contribution in [0.4, 0.5) is 0 Å². The molecule has 4 nitrogen and oxygen atoms in total. The molecular weight excluding hydrogens is 218 g/mol. The van der Waals surface area contributed by atoms with Crippen LogP contribution in [0.2, 0.25) is 0 Å². The highest BCUT2D eigenvalue weighted by Gasteiger charge is 2.52. The highest BCUT2D eigenvalue weighted by molar-refractivity contribution is 5.13. The van der Waals surface area contributed by atoms with Crippen LogP contribution in [-0.2, 0) is 20.8 Å². The first kappa shape index (κ1) is 11.2. The molecule has 0 aliphatic carbocycles. The Morgan fingerprint density at radius 3 is 3.00 bits per heavy atom. The molecule has 0 radical (unpaired) electrons. The number of hydrogen-bond acceptors (Lipinski definition) is 4. The molecule has 92 valence electrons. The second-order valence-electron chi connectivity index (χ2n) is 4.64. The third kappa shape index (κ3) is 2.09. The second kappa shape index (κ2) is 4.38. The van der Waals surface area contributed by atoms with Crippen LogP contribution in [-0.4, -0.2) is 31.1 Å². The van der Waals surface area contributed by atoms with Crippen molar-refractivity contribution in [2.45, 2.75) is 31.0 Å². The minimum Gasteiger partial charge on any atom is -0.371 e. The number of benzene rings is 1. The van der Waals surface area contributed by atoms with Gasteiger partial charge < -0.3 is 19.9 Å². The summed E-state index contributed by atoms with van der Waals surface area (Å²) >= 11 is 0. The van der Waals surface area contributed by atoms with Crippen LogP contribution in [0.5, 0.6) is 0 Å². The fraction of sp³-hybridized carbons (Fsp3) is 0.538. The molecule has 1 aromatic carbocycles. The van der Waals surface area contributed by atoms with E-state index < -0.39 is 5.72 Å². The quantitative estimate of drug-likeness (QED) is 0.850. The van der Waals surface area contributed by atoms with Crippen LogP contribution >= 0.6 is 0 Å². The molecule has 0 aromatic heterocycles. The van der Waals surface area contributed by atoms with Crippen molar-refractivity contribution in [2.75, 3.05) is 13.2 Å². The van der Waals surface area contributed by atoms with Crippen molar-refractivity contribution < 1.29 is 14.2 Å². The van der Waals surface area contributed by atoms with Gasteiger partial charge in [-0.15, -0.1) is 0 Å². The molecule has 17 heavy (non-hydrogen) atoms. The molecule has 2 saturated heterocycles. The van der Waals surface area contributed by atoms with Crippen molar-refractivity contribution >= 4 is 0 Å². The number of rotatable bonds is 3. The molecule has 2 aliphatic heterocycles. The van der Waals surface area contributed by atoms with E-state index in [-0.39, 0.29) is 12.2 Å². The van der Waals surface area contributed by atoms with Crippen LogP contribution < -0.4 is 5.73 Å². The van der Waals surface area contributed by atoms with Crippen molar-refractivity contribution in [3.8, 4) is 0 Å². The third-order valence-corrected chi connectivity index (χ3v) is 3.43. The van der Waals surface area contributed by atoms with Gasteiger partial charge in [-0.2, -0.15) is 0 Å². The van der Waals surface area contributed by atoms with Gasteiger partial charge >= 0.3 is 0 Å². The van der Waals surface area contributed by atoms with E-state index in [0.717, 1.165) is 12.0 Å². The average Bonchev–Trinajstić information content (AvgIpc) is 2.85. The Labute approximate surface area is 101 Å². The summed E-state index contributed by atoms with van der Waals surface area (Å²) in [6.07, 6.45) is 0.581. The summed E-state index contributed by atoms with van der Waals surface area (Å²) in [5, 5.41) is 0. The summed E-state index contributed by atoms with van der Waals surface area (Å²) < 4.78 is 17.0. The van der Waals surface area contributed by atoms with Crippen LogP contribution in [0.25, 0.3) is 0 Å². The lowest BCUT2D eigenvalue weighted by atomic mass is 10.1. The summed E-state index contributed by atoms with van der Waals surface area (Å²) in [5.74, 6) is 0. The smallest absolute Gasteiger partial charge is 0.148 e. The zero-order chi connectivity index (χ0) is 11.7. The molecule has 4 heteroatoms. The van der Waals surface area contributed by atoms with Gasteiger partial charge in [0.05, 0.1) is 19.8 Å². The van der Waals surface area contributed by atoms with Gasteiger partial charge in [0.15, 0.2) is 0 Å². The van der Waals surface area contributed by atoms with Crippen molar-refractivity contribution in [3.05, 3.63) is 35.9 Å². The Bertz CT molecular complexity index is 384. The minimum absolute atomic E-state index is 0.0530. The summed E-state index contributed by atoms with van der Waals surface area (Å²) in [5.41, 5.74) is 6.63. The molecule has 0 saturated carbocycles. The van der Waals surface area contributed by atoms with Crippen LogP contribution in [0, 0.1) is 0 Å². The molecule has 1 unspecified atom stereocenters. The molecule has 3 atom stereocenters. The molecule has 0 spiro atoms. The van der Waals surface area contributed by atoms with Gasteiger partial charge in [0.25, 0.3) is 0 Å². The van der Waals surface area contributed by atoms with E-state index in [1.165, 1.54) is 0 Å². The number of ether oxygens (including phenoxy) is 3. The maximum atomic E-state index is 6.10. The summed E-state index contributed by atoms with van der Waals surface area (Å²) in [6.45, 7) is 1.76. The maximum absolute atomic E-state index is 6.10. The molecule has 2 fully saturated rings. The fourth-order valence-electron chi connectivity index (χ4n) is 2.44. The molecule has 2 aliphatic rings. The average molecular weight is 235 g/mol. The Morgan fingerprint density at radius 1 is 1.35 bits per heavy atom. The first-order chi connectivity index (χ1) is 8.28. The van der Waals surface area contributed by atoms with Crippen LogP contribution in [0.1, 0.15) is 12.0 Å². The maximum Gasteiger partial charge on any atom is 0.148 e. The van der Waals surface area contributed by atoms with Gasteiger partial charge in [0, 0.05) is 6.42 Å². The lowest BCUT2D eigenvalue weighted by Gasteiger charge is -2.22. The van der Waals surface area contributed by atoms with Crippen LogP contribution in [0.3, 0.4) is 0 Å². The Balaban J connectivity index is 1.60. The predicted octanol–water partition coefficient (Wildman–Crippen LogP) is 1.05. The zero-order valence-electron chi connectivity index (χ0n) is 9.67. The summed E-state index contributed by atoms with van der Waals surface area (Å²) in [7, 11) is 0. The number of fused-ring (bicyclic) bond motifs is 1. The molecular formula is C13H17NO3. The normalized spacial score (nSPS) is 36.1. The molecule has 3 rings (SSSR count). The lowest BCUT2D eigenvalue weighted by Crippen LogP contribution is -2.47. The molecule has 0 amide bonds. The van der Waals surface area contributed by atoms with Crippen molar-refractivity contribution in [3.63, 3.8) is 0 Å². The van der Waals surface area contributed by atoms with E-state index in [1.54, 1.807) is 0 Å². The van der Waals surface area contributed by atoms with E-state index in [1.807, 2.05) is 30.3 Å². The standard InChI is InChI=1S/C13H17NO3/c14-13-6-7-15-12(13)11(9-17-13)16-8-10-4-2-1-3-5-10/h1-5,11-12H,6-9,14H2/t11?,12-,13-/m1/s1. The largest absolute Gasteiger partial charge is 0.371 e. The highest BCUT2D eigenvalue weighted by atomic mass is 16.6. The third-order valence-electron chi connectivity index (χ3n) is 3.43. The molecule has 1 aromatic rings. The monoisotopic (exact) mass is 235 g/mol. The molecule has 0 bridgehead atoms. The van der Waals surface area contributed by atoms with Crippen molar-refractivity contribution in [2.24, 2.45) is 5.73 Å². The predicted molar refractivity (Wildman–Crippen MR) is 62.2 cm³/mol. The topological polar surface area (TPSA) is 53.7 Å². The van der Waals surface area contributed by atoms with Crippen molar-refractivity contribution in [1.29, 1.82) is 0 Å². The number of nitrogens with two attached hydrogens (primary N) is 1. The molecule has 2 heterocycles. The van der Waals surface area contributed by atoms with Gasteiger partial charge in [-0.25, -0.2) is 0 Å². The Hall–Kier alpha value is -0.940. The fourth-order valence-corrected chi connectivity index (χ4v) is 2.44. The van der Waals surface area contributed by atoms with E-state index in [4.69, 9.17) is 19.9 Å². The first-order valence-corrected chi connectivity index (χ1v) is 5.98. The first-order valence-electron chi connectivity index (χ1n) is 5.98. The van der Waals surface area contributed by atoms with E-state index in [2.05, 4.69) is 0 Å². The number of hydrogen-bond donors (Lipinski definition) is 1. The van der Waals surface area contributed by atoms with E-state index in [0.29, 0.717) is 19.8 Å². The van der Waals surface area contributed by atoms with Gasteiger partial charge in [0.1, 0.15) is 17.9 Å². The van der Waals surface area contributed by atoms with Gasteiger partial charge in [-0.1, -0.05) is 30.3 Å². The molecule has 2 N–H and O–H groups in total. The summed E-state index contributed by atoms with van der Waals surface area (Å²) in [4.78, 5) is 0.